The van der Waals surface area contributed by atoms with Crippen molar-refractivity contribution in [3.05, 3.63) is 66.0 Å². The number of amides is 2. The molecule has 1 fully saturated rings. The van der Waals surface area contributed by atoms with Crippen LogP contribution in [-0.2, 0) is 0 Å². The molecule has 0 bridgehead atoms. The Labute approximate surface area is 208 Å². The molecule has 36 heavy (non-hydrogen) atoms. The van der Waals surface area contributed by atoms with Gasteiger partial charge in [-0.2, -0.15) is 5.10 Å². The van der Waals surface area contributed by atoms with Crippen molar-refractivity contribution in [3.63, 3.8) is 0 Å². The summed E-state index contributed by atoms with van der Waals surface area (Å²) in [5.41, 5.74) is 10.3. The summed E-state index contributed by atoms with van der Waals surface area (Å²) in [6.07, 6.45) is 2.50. The number of aromatic nitrogens is 2. The highest BCUT2D eigenvalue weighted by Gasteiger charge is 2.16. The maximum absolute atomic E-state index is 13.9. The van der Waals surface area contributed by atoms with Gasteiger partial charge in [-0.3, -0.25) is 10.00 Å². The van der Waals surface area contributed by atoms with Gasteiger partial charge in [-0.15, -0.1) is 0 Å². The number of fused-ring (bicyclic) bond motifs is 1. The van der Waals surface area contributed by atoms with E-state index >= 15 is 0 Å². The van der Waals surface area contributed by atoms with E-state index in [4.69, 9.17) is 10.5 Å². The summed E-state index contributed by atoms with van der Waals surface area (Å²) < 4.78 is 20.0. The molecular formula is C27H29FN6O2. The first kappa shape index (κ1) is 23.6. The molecule has 3 aromatic carbocycles. The molecule has 2 amide bonds. The first-order valence-electron chi connectivity index (χ1n) is 12.0. The lowest BCUT2D eigenvalue weighted by Crippen LogP contribution is -2.25. The van der Waals surface area contributed by atoms with E-state index in [0.717, 1.165) is 53.0 Å². The van der Waals surface area contributed by atoms with Crippen LogP contribution >= 0.6 is 0 Å². The molecule has 0 saturated carbocycles. The lowest BCUT2D eigenvalue weighted by atomic mass is 10.0. The lowest BCUT2D eigenvalue weighted by Gasteiger charge is -2.15. The van der Waals surface area contributed by atoms with Crippen LogP contribution in [0.3, 0.4) is 0 Å². The molecule has 186 valence electrons. The Morgan fingerprint density at radius 2 is 1.89 bits per heavy atom. The number of hydrogen-bond donors (Lipinski definition) is 4. The van der Waals surface area contributed by atoms with Crippen LogP contribution in [0.4, 0.5) is 26.4 Å². The zero-order valence-electron chi connectivity index (χ0n) is 20.1. The van der Waals surface area contributed by atoms with Crippen LogP contribution < -0.4 is 21.1 Å². The van der Waals surface area contributed by atoms with Crippen LogP contribution in [0.2, 0.25) is 0 Å². The topological polar surface area (TPSA) is 108 Å². The summed E-state index contributed by atoms with van der Waals surface area (Å²) in [7, 11) is 0. The molecule has 8 nitrogen and oxygen atoms in total. The molecule has 5 N–H and O–H groups in total. The Hall–Kier alpha value is -4.11. The van der Waals surface area contributed by atoms with Crippen molar-refractivity contribution < 1.29 is 13.9 Å². The normalized spacial score (nSPS) is 13.7. The number of likely N-dealkylation sites (tertiary alicyclic amines) is 1. The van der Waals surface area contributed by atoms with Crippen LogP contribution in [0, 0.1) is 12.7 Å². The number of nitrogens with two attached hydrogens (primary N) is 1. The van der Waals surface area contributed by atoms with Crippen molar-refractivity contribution >= 4 is 34.1 Å². The molecule has 5 rings (SSSR count). The SMILES string of the molecule is Cc1ccc(F)c(NC(=O)Nc2ccc(-c3ccc(OCCN4CCCC4)c4[nH]nc(N)c34)cc2)c1. The number of anilines is 3. The van der Waals surface area contributed by atoms with Crippen molar-refractivity contribution in [1.82, 2.24) is 15.1 Å². The van der Waals surface area contributed by atoms with Crippen LogP contribution in [0.1, 0.15) is 18.4 Å². The number of rotatable bonds is 7. The lowest BCUT2D eigenvalue weighted by molar-refractivity contribution is 0.239. The maximum Gasteiger partial charge on any atom is 0.323 e. The van der Waals surface area contributed by atoms with Gasteiger partial charge in [0, 0.05) is 12.2 Å². The summed E-state index contributed by atoms with van der Waals surface area (Å²) in [5.74, 6) is 0.624. The van der Waals surface area contributed by atoms with Crippen LogP contribution in [0.5, 0.6) is 5.75 Å². The highest BCUT2D eigenvalue weighted by atomic mass is 19.1. The molecule has 2 heterocycles. The van der Waals surface area contributed by atoms with Gasteiger partial charge in [0.2, 0.25) is 0 Å². The fraction of sp³-hybridized carbons (Fsp3) is 0.259. The molecule has 1 aliphatic heterocycles. The minimum absolute atomic E-state index is 0.129. The number of urea groups is 1. The highest BCUT2D eigenvalue weighted by Crippen LogP contribution is 2.36. The average molecular weight is 489 g/mol. The van der Waals surface area contributed by atoms with E-state index < -0.39 is 11.8 Å². The summed E-state index contributed by atoms with van der Waals surface area (Å²) in [5, 5.41) is 13.3. The number of ether oxygens (including phenoxy) is 1. The zero-order chi connectivity index (χ0) is 25.1. The molecule has 0 spiro atoms. The molecule has 1 aromatic heterocycles. The van der Waals surface area contributed by atoms with Gasteiger partial charge in [0.25, 0.3) is 0 Å². The third-order valence-electron chi connectivity index (χ3n) is 6.40. The first-order chi connectivity index (χ1) is 17.5. The molecule has 9 heteroatoms. The minimum atomic E-state index is -0.524. The summed E-state index contributed by atoms with van der Waals surface area (Å²) in [6.45, 7) is 5.58. The number of H-pyrrole nitrogens is 1. The van der Waals surface area contributed by atoms with Crippen LogP contribution in [-0.4, -0.2) is 47.4 Å². The quantitative estimate of drug-likeness (QED) is 0.279. The predicted octanol–water partition coefficient (Wildman–Crippen LogP) is 5.38. The fourth-order valence-electron chi connectivity index (χ4n) is 4.54. The van der Waals surface area contributed by atoms with Gasteiger partial charge < -0.3 is 21.1 Å². The second-order valence-electron chi connectivity index (χ2n) is 9.01. The van der Waals surface area contributed by atoms with Gasteiger partial charge in [-0.25, -0.2) is 9.18 Å². The van der Waals surface area contributed by atoms with E-state index in [1.807, 2.05) is 31.2 Å². The van der Waals surface area contributed by atoms with E-state index in [0.29, 0.717) is 18.1 Å². The number of halogens is 1. The molecule has 0 radical (unpaired) electrons. The van der Waals surface area contributed by atoms with E-state index in [9.17, 15) is 9.18 Å². The van der Waals surface area contributed by atoms with Crippen LogP contribution in [0.15, 0.2) is 54.6 Å². The largest absolute Gasteiger partial charge is 0.490 e. The Morgan fingerprint density at radius 1 is 1.11 bits per heavy atom. The molecule has 0 atom stereocenters. The van der Waals surface area contributed by atoms with Gasteiger partial charge >= 0.3 is 6.03 Å². The van der Waals surface area contributed by atoms with E-state index in [2.05, 4.69) is 25.7 Å². The Kier molecular flexibility index (Phi) is 6.73. The van der Waals surface area contributed by atoms with Crippen molar-refractivity contribution in [2.45, 2.75) is 19.8 Å². The predicted molar refractivity (Wildman–Crippen MR) is 141 cm³/mol. The summed E-state index contributed by atoms with van der Waals surface area (Å²) in [4.78, 5) is 14.8. The standard InChI is InChI=1S/C27H29FN6O2/c1-17-4-10-21(28)22(16-17)31-27(35)30-19-7-5-18(6-8-19)20-9-11-23(25-24(20)26(29)33-32-25)36-15-14-34-12-2-3-13-34/h4-11,16H,2-3,12-15H2,1H3,(H3,29,32,33)(H2,30,31,35). The summed E-state index contributed by atoms with van der Waals surface area (Å²) in [6, 6.07) is 15.3. The van der Waals surface area contributed by atoms with Crippen LogP contribution in [0.25, 0.3) is 22.0 Å². The number of carbonyl (C=O) groups excluding carboxylic acids is 1. The Bertz CT molecular complexity index is 1380. The minimum Gasteiger partial charge on any atom is -0.490 e. The molecule has 0 aliphatic carbocycles. The fourth-order valence-corrected chi connectivity index (χ4v) is 4.54. The molecule has 1 aliphatic rings. The third-order valence-corrected chi connectivity index (χ3v) is 6.40. The maximum atomic E-state index is 13.9. The van der Waals surface area contributed by atoms with Gasteiger partial charge in [-0.1, -0.05) is 18.2 Å². The average Bonchev–Trinajstić information content (AvgIpc) is 3.53. The van der Waals surface area contributed by atoms with Gasteiger partial charge in [0.15, 0.2) is 5.82 Å². The number of nitrogens with zero attached hydrogens (tertiary/aromatic N) is 2. The van der Waals surface area contributed by atoms with Gasteiger partial charge in [-0.05, 0) is 85.9 Å². The van der Waals surface area contributed by atoms with Gasteiger partial charge in [0.1, 0.15) is 23.7 Å². The molecule has 1 saturated heterocycles. The number of nitrogen functional groups attached to an aromatic ring is 1. The smallest absolute Gasteiger partial charge is 0.323 e. The first-order valence-corrected chi connectivity index (χ1v) is 12.0. The highest BCUT2D eigenvalue weighted by molar-refractivity contribution is 6.04. The number of aromatic amines is 1. The van der Waals surface area contributed by atoms with E-state index in [1.165, 1.54) is 18.9 Å². The number of aryl methyl sites for hydroxylation is 1. The van der Waals surface area contributed by atoms with Gasteiger partial charge in [0.05, 0.1) is 11.1 Å². The van der Waals surface area contributed by atoms with Crippen molar-refractivity contribution in [2.24, 2.45) is 0 Å². The Balaban J connectivity index is 1.29. The van der Waals surface area contributed by atoms with Crippen molar-refractivity contribution in [1.29, 1.82) is 0 Å². The number of nitrogens with one attached hydrogen (secondary N) is 3. The number of benzene rings is 3. The van der Waals surface area contributed by atoms with E-state index in [-0.39, 0.29) is 5.69 Å². The molecule has 4 aromatic rings. The number of carbonyl (C=O) groups is 1. The monoisotopic (exact) mass is 488 g/mol. The van der Waals surface area contributed by atoms with Crippen molar-refractivity contribution in [3.8, 4) is 16.9 Å². The van der Waals surface area contributed by atoms with E-state index in [1.54, 1.807) is 24.3 Å². The third kappa shape index (κ3) is 5.11. The molecular weight excluding hydrogens is 459 g/mol. The molecule has 0 unspecified atom stereocenters. The zero-order valence-corrected chi connectivity index (χ0v) is 20.1. The summed E-state index contributed by atoms with van der Waals surface area (Å²) >= 11 is 0. The van der Waals surface area contributed by atoms with Crippen molar-refractivity contribution in [2.75, 3.05) is 42.6 Å². The second-order valence-corrected chi connectivity index (χ2v) is 9.01. The second kappa shape index (κ2) is 10.2. The Morgan fingerprint density at radius 3 is 2.67 bits per heavy atom. The number of hydrogen-bond acceptors (Lipinski definition) is 5.